The molecule has 25 heavy (non-hydrogen) atoms. The summed E-state index contributed by atoms with van der Waals surface area (Å²) in [5, 5.41) is 2.92. The molecule has 0 aliphatic carbocycles. The van der Waals surface area contributed by atoms with Crippen LogP contribution in [0.15, 0.2) is 42.6 Å². The number of pyridine rings is 1. The van der Waals surface area contributed by atoms with Gasteiger partial charge < -0.3 is 15.0 Å². The van der Waals surface area contributed by atoms with Gasteiger partial charge in [-0.2, -0.15) is 0 Å². The number of fused-ring (bicyclic) bond motifs is 1. The lowest BCUT2D eigenvalue weighted by atomic mass is 10.0. The molecule has 0 bridgehead atoms. The van der Waals surface area contributed by atoms with Crippen LogP contribution in [0.3, 0.4) is 0 Å². The molecule has 1 unspecified atom stereocenters. The third-order valence-corrected chi connectivity index (χ3v) is 4.92. The molecule has 130 valence electrons. The average Bonchev–Trinajstić information content (AvgIpc) is 3.19. The fourth-order valence-corrected chi connectivity index (χ4v) is 3.58. The monoisotopic (exact) mass is 337 g/mol. The molecule has 0 spiro atoms. The second-order valence-corrected chi connectivity index (χ2v) is 6.63. The summed E-state index contributed by atoms with van der Waals surface area (Å²) >= 11 is 0. The highest BCUT2D eigenvalue weighted by Gasteiger charge is 2.19. The third-order valence-electron chi connectivity index (χ3n) is 4.92. The van der Waals surface area contributed by atoms with Crippen LogP contribution >= 0.6 is 0 Å². The van der Waals surface area contributed by atoms with Gasteiger partial charge in [0.1, 0.15) is 5.69 Å². The van der Waals surface area contributed by atoms with Crippen molar-refractivity contribution in [1.29, 1.82) is 0 Å². The Labute approximate surface area is 148 Å². The largest absolute Gasteiger partial charge is 0.376 e. The van der Waals surface area contributed by atoms with Gasteiger partial charge >= 0.3 is 0 Å². The van der Waals surface area contributed by atoms with Gasteiger partial charge in [-0.25, -0.2) is 4.98 Å². The minimum absolute atomic E-state index is 0.138. The van der Waals surface area contributed by atoms with Gasteiger partial charge in [-0.1, -0.05) is 18.2 Å². The maximum absolute atomic E-state index is 12.2. The molecule has 5 nitrogen and oxygen atoms in total. The fourth-order valence-electron chi connectivity index (χ4n) is 3.58. The summed E-state index contributed by atoms with van der Waals surface area (Å²) in [6.07, 6.45) is 6.27. The third kappa shape index (κ3) is 3.51. The van der Waals surface area contributed by atoms with Crippen molar-refractivity contribution in [3.05, 3.63) is 53.9 Å². The van der Waals surface area contributed by atoms with Crippen LogP contribution in [0.1, 0.15) is 35.3 Å². The molecule has 1 saturated heterocycles. The van der Waals surface area contributed by atoms with Gasteiger partial charge in [0, 0.05) is 25.4 Å². The summed E-state index contributed by atoms with van der Waals surface area (Å²) in [4.78, 5) is 18.9. The SMILES string of the molecule is O=C(NCC1CCCO1)c1ccc(N2CCCc3ccccc32)cn1. The maximum atomic E-state index is 12.2. The van der Waals surface area contributed by atoms with Gasteiger partial charge in [0.15, 0.2) is 0 Å². The van der Waals surface area contributed by atoms with Crippen LogP contribution in [0.5, 0.6) is 0 Å². The van der Waals surface area contributed by atoms with Crippen LogP contribution in [0.25, 0.3) is 0 Å². The maximum Gasteiger partial charge on any atom is 0.269 e. The van der Waals surface area contributed by atoms with Gasteiger partial charge in [-0.05, 0) is 49.4 Å². The Morgan fingerprint density at radius 3 is 2.96 bits per heavy atom. The summed E-state index contributed by atoms with van der Waals surface area (Å²) in [6.45, 7) is 2.33. The summed E-state index contributed by atoms with van der Waals surface area (Å²) in [5.74, 6) is -0.138. The standard InChI is InChI=1S/C20H23N3O2/c24-20(22-14-17-7-4-12-25-17)18-10-9-16(13-21-18)23-11-3-6-15-5-1-2-8-19(15)23/h1-2,5,8-10,13,17H,3-4,6-7,11-12,14H2,(H,22,24). The predicted molar refractivity (Wildman–Crippen MR) is 97.3 cm³/mol. The number of carbonyl (C=O) groups is 1. The lowest BCUT2D eigenvalue weighted by Crippen LogP contribution is -2.32. The zero-order chi connectivity index (χ0) is 17.1. The Morgan fingerprint density at radius 2 is 2.16 bits per heavy atom. The van der Waals surface area contributed by atoms with Gasteiger partial charge in [-0.3, -0.25) is 4.79 Å². The van der Waals surface area contributed by atoms with Crippen molar-refractivity contribution in [3.63, 3.8) is 0 Å². The molecule has 1 fully saturated rings. The van der Waals surface area contributed by atoms with Crippen LogP contribution in [-0.2, 0) is 11.2 Å². The van der Waals surface area contributed by atoms with Crippen LogP contribution < -0.4 is 10.2 Å². The van der Waals surface area contributed by atoms with Crippen molar-refractivity contribution >= 4 is 17.3 Å². The number of ether oxygens (including phenoxy) is 1. The van der Waals surface area contributed by atoms with Gasteiger partial charge in [-0.15, -0.1) is 0 Å². The van der Waals surface area contributed by atoms with E-state index in [0.29, 0.717) is 12.2 Å². The number of aryl methyl sites for hydroxylation is 1. The number of rotatable bonds is 4. The van der Waals surface area contributed by atoms with E-state index in [1.807, 2.05) is 6.07 Å². The Morgan fingerprint density at radius 1 is 1.24 bits per heavy atom. The molecule has 2 aliphatic heterocycles. The molecule has 2 aromatic rings. The molecule has 3 heterocycles. The van der Waals surface area contributed by atoms with Crippen molar-refractivity contribution in [2.45, 2.75) is 31.8 Å². The lowest BCUT2D eigenvalue weighted by molar-refractivity contribution is 0.0854. The zero-order valence-corrected chi connectivity index (χ0v) is 14.3. The smallest absolute Gasteiger partial charge is 0.269 e. The Kier molecular flexibility index (Phi) is 4.65. The molecule has 1 aromatic heterocycles. The zero-order valence-electron chi connectivity index (χ0n) is 14.3. The number of hydrogen-bond acceptors (Lipinski definition) is 4. The van der Waals surface area contributed by atoms with Crippen molar-refractivity contribution < 1.29 is 9.53 Å². The highest BCUT2D eigenvalue weighted by Crippen LogP contribution is 2.32. The number of benzene rings is 1. The quantitative estimate of drug-likeness (QED) is 0.931. The molecule has 0 radical (unpaired) electrons. The Balaban J connectivity index is 1.44. The van der Waals surface area contributed by atoms with E-state index < -0.39 is 0 Å². The summed E-state index contributed by atoms with van der Waals surface area (Å²) in [6, 6.07) is 12.3. The summed E-state index contributed by atoms with van der Waals surface area (Å²) in [5.41, 5.74) is 4.09. The van der Waals surface area contributed by atoms with Crippen LogP contribution in [-0.4, -0.2) is 36.7 Å². The van der Waals surface area contributed by atoms with Crippen LogP contribution in [0.4, 0.5) is 11.4 Å². The van der Waals surface area contributed by atoms with E-state index in [1.165, 1.54) is 11.3 Å². The molecular formula is C20H23N3O2. The highest BCUT2D eigenvalue weighted by molar-refractivity contribution is 5.92. The molecule has 1 atom stereocenters. The molecule has 4 rings (SSSR count). The average molecular weight is 337 g/mol. The molecule has 1 amide bonds. The summed E-state index contributed by atoms with van der Waals surface area (Å²) < 4.78 is 5.53. The second-order valence-electron chi connectivity index (χ2n) is 6.63. The Hall–Kier alpha value is -2.40. The predicted octanol–water partition coefficient (Wildman–Crippen LogP) is 3.07. The number of nitrogens with zero attached hydrogens (tertiary/aromatic N) is 2. The molecule has 1 aromatic carbocycles. The van der Waals surface area contributed by atoms with E-state index in [0.717, 1.165) is 44.5 Å². The first-order chi connectivity index (χ1) is 12.3. The van der Waals surface area contributed by atoms with Crippen molar-refractivity contribution in [2.24, 2.45) is 0 Å². The van der Waals surface area contributed by atoms with E-state index in [-0.39, 0.29) is 12.0 Å². The normalized spacial score (nSPS) is 19.5. The lowest BCUT2D eigenvalue weighted by Gasteiger charge is -2.31. The number of para-hydroxylation sites is 1. The number of carbonyl (C=O) groups excluding carboxylic acids is 1. The van der Waals surface area contributed by atoms with Gasteiger partial charge in [0.2, 0.25) is 0 Å². The number of hydrogen-bond donors (Lipinski definition) is 1. The minimum Gasteiger partial charge on any atom is -0.376 e. The number of anilines is 2. The highest BCUT2D eigenvalue weighted by atomic mass is 16.5. The van der Waals surface area contributed by atoms with Gasteiger partial charge in [0.05, 0.1) is 18.0 Å². The van der Waals surface area contributed by atoms with E-state index in [2.05, 4.69) is 39.5 Å². The van der Waals surface area contributed by atoms with Gasteiger partial charge in [0.25, 0.3) is 5.91 Å². The van der Waals surface area contributed by atoms with E-state index in [1.54, 1.807) is 12.3 Å². The fraction of sp³-hybridized carbons (Fsp3) is 0.400. The first kappa shape index (κ1) is 16.1. The molecule has 5 heteroatoms. The van der Waals surface area contributed by atoms with E-state index in [4.69, 9.17) is 4.74 Å². The minimum atomic E-state index is -0.138. The number of amides is 1. The van der Waals surface area contributed by atoms with E-state index >= 15 is 0 Å². The van der Waals surface area contributed by atoms with Crippen LogP contribution in [0.2, 0.25) is 0 Å². The first-order valence-corrected chi connectivity index (χ1v) is 9.02. The second kappa shape index (κ2) is 7.23. The molecule has 1 N–H and O–H groups in total. The van der Waals surface area contributed by atoms with Crippen molar-refractivity contribution in [1.82, 2.24) is 10.3 Å². The van der Waals surface area contributed by atoms with Crippen LogP contribution in [0, 0.1) is 0 Å². The molecule has 0 saturated carbocycles. The van der Waals surface area contributed by atoms with E-state index in [9.17, 15) is 4.79 Å². The Bertz CT molecular complexity index is 739. The number of aromatic nitrogens is 1. The summed E-state index contributed by atoms with van der Waals surface area (Å²) in [7, 11) is 0. The van der Waals surface area contributed by atoms with Crippen molar-refractivity contribution in [2.75, 3.05) is 24.6 Å². The number of nitrogens with one attached hydrogen (secondary N) is 1. The van der Waals surface area contributed by atoms with Crippen molar-refractivity contribution in [3.8, 4) is 0 Å². The molecule has 2 aliphatic rings. The first-order valence-electron chi connectivity index (χ1n) is 9.02. The molecular weight excluding hydrogens is 314 g/mol. The topological polar surface area (TPSA) is 54.5 Å².